The monoisotopic (exact) mass is 264 g/mol. The summed E-state index contributed by atoms with van der Waals surface area (Å²) in [6.45, 7) is 3.04. The molecular weight excluding hydrogens is 252 g/mol. The maximum absolute atomic E-state index is 12.3. The van der Waals surface area contributed by atoms with Gasteiger partial charge in [-0.05, 0) is 31.5 Å². The van der Waals surface area contributed by atoms with E-state index in [4.69, 9.17) is 20.8 Å². The van der Waals surface area contributed by atoms with Crippen LogP contribution in [0.4, 0.5) is 0 Å². The van der Waals surface area contributed by atoms with Gasteiger partial charge in [-0.3, -0.25) is 4.79 Å². The Morgan fingerprint density at radius 2 is 2.28 bits per heavy atom. The highest BCUT2D eigenvalue weighted by molar-refractivity contribution is 6.31. The third-order valence-electron chi connectivity index (χ3n) is 3.42. The second-order valence-electron chi connectivity index (χ2n) is 4.62. The molecule has 2 heterocycles. The van der Waals surface area contributed by atoms with Crippen LogP contribution in [-0.4, -0.2) is 19.0 Å². The van der Waals surface area contributed by atoms with Crippen LogP contribution >= 0.6 is 11.6 Å². The fourth-order valence-corrected chi connectivity index (χ4v) is 2.53. The van der Waals surface area contributed by atoms with Crippen LogP contribution in [0, 0.1) is 12.8 Å². The topological polar surface area (TPSA) is 39.4 Å². The van der Waals surface area contributed by atoms with Crippen LogP contribution in [0.2, 0.25) is 5.02 Å². The van der Waals surface area contributed by atoms with E-state index in [0.717, 1.165) is 17.4 Å². The van der Waals surface area contributed by atoms with Crippen molar-refractivity contribution >= 4 is 28.4 Å². The Morgan fingerprint density at radius 1 is 1.44 bits per heavy atom. The van der Waals surface area contributed by atoms with Crippen molar-refractivity contribution in [1.82, 2.24) is 0 Å². The Kier molecular flexibility index (Phi) is 2.88. The van der Waals surface area contributed by atoms with Crippen molar-refractivity contribution in [2.75, 3.05) is 13.2 Å². The first-order valence-corrected chi connectivity index (χ1v) is 6.35. The van der Waals surface area contributed by atoms with Crippen LogP contribution in [-0.2, 0) is 4.74 Å². The Labute approximate surface area is 110 Å². The summed E-state index contributed by atoms with van der Waals surface area (Å²) in [5.74, 6) is 0.417. The normalized spacial score (nSPS) is 19.6. The molecule has 1 aliphatic heterocycles. The molecule has 1 unspecified atom stereocenters. The number of carbonyl (C=O) groups excluding carboxylic acids is 1. The molecule has 1 atom stereocenters. The lowest BCUT2D eigenvalue weighted by molar-refractivity contribution is 0.0873. The predicted molar refractivity (Wildman–Crippen MR) is 69.2 cm³/mol. The molecule has 1 aliphatic rings. The second-order valence-corrected chi connectivity index (χ2v) is 5.06. The Balaban J connectivity index is 2.06. The standard InChI is InChI=1S/C14H13ClO3/c1-8-11-6-10(15)2-3-12(11)18-14(8)13(16)9-4-5-17-7-9/h2-3,6,9H,4-5,7H2,1H3. The van der Waals surface area contributed by atoms with Crippen molar-refractivity contribution in [3.8, 4) is 0 Å². The van der Waals surface area contributed by atoms with E-state index in [1.807, 2.05) is 13.0 Å². The number of hydrogen-bond donors (Lipinski definition) is 0. The quantitative estimate of drug-likeness (QED) is 0.778. The van der Waals surface area contributed by atoms with Crippen LogP contribution < -0.4 is 0 Å². The summed E-state index contributed by atoms with van der Waals surface area (Å²) < 4.78 is 10.9. The lowest BCUT2D eigenvalue weighted by atomic mass is 9.99. The maximum atomic E-state index is 12.3. The number of carbonyl (C=O) groups is 1. The first kappa shape index (κ1) is 11.8. The lowest BCUT2D eigenvalue weighted by Crippen LogP contribution is -2.14. The van der Waals surface area contributed by atoms with E-state index in [-0.39, 0.29) is 11.7 Å². The van der Waals surface area contributed by atoms with Crippen molar-refractivity contribution < 1.29 is 13.9 Å². The number of benzene rings is 1. The second kappa shape index (κ2) is 4.41. The molecule has 1 aromatic heterocycles. The third kappa shape index (κ3) is 1.84. The number of fused-ring (bicyclic) bond motifs is 1. The largest absolute Gasteiger partial charge is 0.453 e. The summed E-state index contributed by atoms with van der Waals surface area (Å²) in [6, 6.07) is 5.39. The highest BCUT2D eigenvalue weighted by atomic mass is 35.5. The zero-order valence-electron chi connectivity index (χ0n) is 10.0. The Bertz CT molecular complexity index is 609. The molecule has 3 nitrogen and oxygen atoms in total. The number of halogens is 1. The van der Waals surface area contributed by atoms with Gasteiger partial charge in [-0.15, -0.1) is 0 Å². The van der Waals surface area contributed by atoms with E-state index in [1.54, 1.807) is 12.1 Å². The molecule has 0 N–H and O–H groups in total. The number of furan rings is 1. The van der Waals surface area contributed by atoms with Crippen LogP contribution in [0.25, 0.3) is 11.0 Å². The van der Waals surface area contributed by atoms with Crippen LogP contribution in [0.1, 0.15) is 22.5 Å². The average Bonchev–Trinajstić information content (AvgIpc) is 2.98. The summed E-state index contributed by atoms with van der Waals surface area (Å²) >= 11 is 5.96. The molecule has 0 bridgehead atoms. The van der Waals surface area contributed by atoms with E-state index in [0.29, 0.717) is 29.6 Å². The van der Waals surface area contributed by atoms with Gasteiger partial charge in [-0.1, -0.05) is 11.6 Å². The number of Topliss-reactive ketones (excluding diaryl/α,β-unsaturated/α-hetero) is 1. The van der Waals surface area contributed by atoms with E-state index in [2.05, 4.69) is 0 Å². The van der Waals surface area contributed by atoms with Gasteiger partial charge in [0.05, 0.1) is 12.5 Å². The molecule has 0 radical (unpaired) electrons. The van der Waals surface area contributed by atoms with Gasteiger partial charge in [0.2, 0.25) is 5.78 Å². The summed E-state index contributed by atoms with van der Waals surface area (Å²) in [4.78, 5) is 12.3. The van der Waals surface area contributed by atoms with E-state index in [1.165, 1.54) is 0 Å². The Hall–Kier alpha value is -1.32. The van der Waals surface area contributed by atoms with Gasteiger partial charge in [-0.25, -0.2) is 0 Å². The highest BCUT2D eigenvalue weighted by Crippen LogP contribution is 2.30. The van der Waals surface area contributed by atoms with Crippen LogP contribution in [0.5, 0.6) is 0 Å². The van der Waals surface area contributed by atoms with Crippen molar-refractivity contribution in [2.45, 2.75) is 13.3 Å². The van der Waals surface area contributed by atoms with Gasteiger partial charge >= 0.3 is 0 Å². The first-order valence-electron chi connectivity index (χ1n) is 5.97. The molecule has 1 fully saturated rings. The average molecular weight is 265 g/mol. The van der Waals surface area contributed by atoms with Crippen molar-refractivity contribution in [3.05, 3.63) is 34.5 Å². The highest BCUT2D eigenvalue weighted by Gasteiger charge is 2.29. The minimum absolute atomic E-state index is 0.0392. The van der Waals surface area contributed by atoms with Crippen molar-refractivity contribution in [2.24, 2.45) is 5.92 Å². The maximum Gasteiger partial charge on any atom is 0.203 e. The number of ether oxygens (including phenoxy) is 1. The number of ketones is 1. The summed E-state index contributed by atoms with van der Waals surface area (Å²) in [5, 5.41) is 1.55. The van der Waals surface area contributed by atoms with E-state index < -0.39 is 0 Å². The molecule has 1 saturated heterocycles. The summed E-state index contributed by atoms with van der Waals surface area (Å²) in [5.41, 5.74) is 1.57. The summed E-state index contributed by atoms with van der Waals surface area (Å²) in [7, 11) is 0. The van der Waals surface area contributed by atoms with Gasteiger partial charge in [0.15, 0.2) is 5.76 Å². The molecule has 4 heteroatoms. The van der Waals surface area contributed by atoms with Crippen molar-refractivity contribution in [1.29, 1.82) is 0 Å². The van der Waals surface area contributed by atoms with Gasteiger partial charge in [-0.2, -0.15) is 0 Å². The van der Waals surface area contributed by atoms with Crippen LogP contribution in [0.3, 0.4) is 0 Å². The molecule has 2 aromatic rings. The molecule has 3 rings (SSSR count). The third-order valence-corrected chi connectivity index (χ3v) is 3.66. The molecule has 0 spiro atoms. The number of rotatable bonds is 2. The summed E-state index contributed by atoms with van der Waals surface area (Å²) in [6.07, 6.45) is 0.774. The van der Waals surface area contributed by atoms with Gasteiger partial charge < -0.3 is 9.15 Å². The molecule has 0 saturated carbocycles. The number of aryl methyl sites for hydroxylation is 1. The van der Waals surface area contributed by atoms with Crippen LogP contribution in [0.15, 0.2) is 22.6 Å². The first-order chi connectivity index (χ1) is 8.66. The minimum Gasteiger partial charge on any atom is -0.453 e. The van der Waals surface area contributed by atoms with Gasteiger partial charge in [0.1, 0.15) is 5.58 Å². The van der Waals surface area contributed by atoms with E-state index in [9.17, 15) is 4.79 Å². The molecular formula is C14H13ClO3. The van der Waals surface area contributed by atoms with E-state index >= 15 is 0 Å². The fourth-order valence-electron chi connectivity index (χ4n) is 2.35. The lowest BCUT2D eigenvalue weighted by Gasteiger charge is -2.03. The predicted octanol–water partition coefficient (Wildman–Crippen LogP) is 3.61. The van der Waals surface area contributed by atoms with Gasteiger partial charge in [0, 0.05) is 22.6 Å². The minimum atomic E-state index is -0.0697. The molecule has 94 valence electrons. The zero-order valence-corrected chi connectivity index (χ0v) is 10.8. The van der Waals surface area contributed by atoms with Gasteiger partial charge in [0.25, 0.3) is 0 Å². The molecule has 0 amide bonds. The fraction of sp³-hybridized carbons (Fsp3) is 0.357. The Morgan fingerprint density at radius 3 is 3.00 bits per heavy atom. The van der Waals surface area contributed by atoms with Crippen molar-refractivity contribution in [3.63, 3.8) is 0 Å². The zero-order chi connectivity index (χ0) is 12.7. The molecule has 1 aromatic carbocycles. The molecule has 0 aliphatic carbocycles. The molecule has 18 heavy (non-hydrogen) atoms. The number of hydrogen-bond acceptors (Lipinski definition) is 3. The smallest absolute Gasteiger partial charge is 0.203 e. The SMILES string of the molecule is Cc1c(C(=O)C2CCOC2)oc2ccc(Cl)cc12.